The summed E-state index contributed by atoms with van der Waals surface area (Å²) >= 11 is 0. The zero-order chi connectivity index (χ0) is 17.6. The van der Waals surface area contributed by atoms with E-state index in [1.165, 1.54) is 22.2 Å². The second-order valence-electron chi connectivity index (χ2n) is 5.21. The van der Waals surface area contributed by atoms with Crippen LogP contribution < -0.4 is 0 Å². The van der Waals surface area contributed by atoms with E-state index in [0.717, 1.165) is 0 Å². The van der Waals surface area contributed by atoms with Crippen molar-refractivity contribution in [3.05, 3.63) is 60.3 Å². The van der Waals surface area contributed by atoms with Gasteiger partial charge in [0, 0.05) is 7.05 Å². The number of rotatable bonds is 6. The molecule has 25 heavy (non-hydrogen) atoms. The summed E-state index contributed by atoms with van der Waals surface area (Å²) in [5.41, 5.74) is 1.04. The van der Waals surface area contributed by atoms with Crippen LogP contribution in [0, 0.1) is 0 Å². The molecule has 0 aliphatic rings. The lowest BCUT2D eigenvalue weighted by atomic mass is 10.2. The van der Waals surface area contributed by atoms with Crippen molar-refractivity contribution < 1.29 is 18.7 Å². The molecule has 0 fully saturated rings. The molecular weight excluding hydrogens is 326 g/mol. The summed E-state index contributed by atoms with van der Waals surface area (Å²) in [4.78, 5) is 25.4. The highest BCUT2D eigenvalue weighted by molar-refractivity contribution is 5.91. The van der Waals surface area contributed by atoms with Gasteiger partial charge in [0.1, 0.15) is 12.1 Å². The number of amides is 1. The maximum Gasteiger partial charge on any atom is 0.338 e. The molecule has 3 rings (SSSR count). The van der Waals surface area contributed by atoms with Gasteiger partial charge < -0.3 is 14.1 Å². The largest absolute Gasteiger partial charge is 0.467 e. The summed E-state index contributed by atoms with van der Waals surface area (Å²) in [6, 6.07) is 10.0. The fourth-order valence-electron chi connectivity index (χ4n) is 2.08. The maximum absolute atomic E-state index is 12.0. The van der Waals surface area contributed by atoms with Crippen molar-refractivity contribution in [2.45, 2.75) is 6.54 Å². The predicted octanol–water partition coefficient (Wildman–Crippen LogP) is 1.07. The molecule has 0 radical (unpaired) electrons. The third-order valence-corrected chi connectivity index (χ3v) is 3.44. The van der Waals surface area contributed by atoms with Gasteiger partial charge in [0.25, 0.3) is 5.91 Å². The predicted molar refractivity (Wildman–Crippen MR) is 84.6 cm³/mol. The third kappa shape index (κ3) is 4.08. The minimum Gasteiger partial charge on any atom is -0.467 e. The van der Waals surface area contributed by atoms with Crippen molar-refractivity contribution in [1.82, 2.24) is 25.1 Å². The van der Waals surface area contributed by atoms with Crippen molar-refractivity contribution in [1.29, 1.82) is 0 Å². The number of ether oxygens (including phenoxy) is 1. The van der Waals surface area contributed by atoms with Crippen LogP contribution in [0.25, 0.3) is 5.69 Å². The number of esters is 1. The lowest BCUT2D eigenvalue weighted by molar-refractivity contribution is -0.133. The summed E-state index contributed by atoms with van der Waals surface area (Å²) < 4.78 is 11.7. The molecule has 0 unspecified atom stereocenters. The molecule has 9 nitrogen and oxygen atoms in total. The zero-order valence-electron chi connectivity index (χ0n) is 13.4. The van der Waals surface area contributed by atoms with E-state index in [1.807, 2.05) is 0 Å². The molecular formula is C16H15N5O4. The summed E-state index contributed by atoms with van der Waals surface area (Å²) in [6.45, 7) is -0.0329. The lowest BCUT2D eigenvalue weighted by Gasteiger charge is -2.15. The molecule has 0 saturated carbocycles. The van der Waals surface area contributed by atoms with Gasteiger partial charge in [-0.25, -0.2) is 9.48 Å². The van der Waals surface area contributed by atoms with Gasteiger partial charge in [0.05, 0.1) is 24.1 Å². The van der Waals surface area contributed by atoms with Gasteiger partial charge in [-0.1, -0.05) is 0 Å². The second kappa shape index (κ2) is 7.39. The molecule has 9 heteroatoms. The number of hydrogen-bond acceptors (Lipinski definition) is 7. The normalized spacial score (nSPS) is 10.4. The maximum atomic E-state index is 12.0. The zero-order valence-corrected chi connectivity index (χ0v) is 13.4. The first-order valence-corrected chi connectivity index (χ1v) is 7.40. The number of likely N-dealkylation sites (N-methyl/N-ethyl adjacent to an activating group) is 1. The van der Waals surface area contributed by atoms with Crippen molar-refractivity contribution in [2.75, 3.05) is 13.7 Å². The molecule has 0 bridgehead atoms. The van der Waals surface area contributed by atoms with Gasteiger partial charge in [-0.05, 0) is 46.8 Å². The first-order valence-electron chi connectivity index (χ1n) is 7.40. The lowest BCUT2D eigenvalue weighted by Crippen LogP contribution is -2.30. The number of carbonyl (C=O) groups excluding carboxylic acids is 2. The number of furan rings is 1. The molecule has 0 atom stereocenters. The van der Waals surface area contributed by atoms with E-state index in [1.54, 1.807) is 43.4 Å². The van der Waals surface area contributed by atoms with Crippen LogP contribution in [0.3, 0.4) is 0 Å². The number of benzene rings is 1. The molecule has 0 spiro atoms. The van der Waals surface area contributed by atoms with Crippen LogP contribution in [0.4, 0.5) is 0 Å². The Morgan fingerprint density at radius 3 is 2.68 bits per heavy atom. The first-order chi connectivity index (χ1) is 12.1. The highest BCUT2D eigenvalue weighted by Crippen LogP contribution is 2.09. The average Bonchev–Trinajstić information content (AvgIpc) is 3.33. The molecule has 0 aliphatic carbocycles. The molecule has 0 N–H and O–H groups in total. The highest BCUT2D eigenvalue weighted by Gasteiger charge is 2.14. The topological polar surface area (TPSA) is 103 Å². The van der Waals surface area contributed by atoms with Crippen molar-refractivity contribution in [3.63, 3.8) is 0 Å². The summed E-state index contributed by atoms with van der Waals surface area (Å²) in [5.74, 6) is -0.251. The van der Waals surface area contributed by atoms with E-state index in [0.29, 0.717) is 23.6 Å². The van der Waals surface area contributed by atoms with E-state index in [2.05, 4.69) is 15.5 Å². The Labute approximate surface area is 142 Å². The van der Waals surface area contributed by atoms with Gasteiger partial charge in [-0.15, -0.1) is 5.10 Å². The van der Waals surface area contributed by atoms with Gasteiger partial charge in [-0.3, -0.25) is 4.79 Å². The van der Waals surface area contributed by atoms with Gasteiger partial charge in [0.15, 0.2) is 6.61 Å². The Hall–Kier alpha value is -3.49. The molecule has 1 aromatic carbocycles. The number of tetrazole rings is 1. The fraction of sp³-hybridized carbons (Fsp3) is 0.188. The standard InChI is InChI=1S/C16H15N5O4/c1-20(9-14-3-2-8-24-14)15(22)10-25-16(23)12-4-6-13(7-5-12)21-11-17-18-19-21/h2-8,11H,9-10H2,1H3. The van der Waals surface area contributed by atoms with E-state index in [4.69, 9.17) is 9.15 Å². The molecule has 0 saturated heterocycles. The van der Waals surface area contributed by atoms with E-state index >= 15 is 0 Å². The van der Waals surface area contributed by atoms with Gasteiger partial charge >= 0.3 is 5.97 Å². The first kappa shape index (κ1) is 16.4. The SMILES string of the molecule is CN(Cc1ccco1)C(=O)COC(=O)c1ccc(-n2cnnn2)cc1. The van der Waals surface area contributed by atoms with Crippen molar-refractivity contribution in [2.24, 2.45) is 0 Å². The minimum absolute atomic E-state index is 0.310. The molecule has 128 valence electrons. The number of nitrogens with zero attached hydrogens (tertiary/aromatic N) is 5. The van der Waals surface area contributed by atoms with Gasteiger partial charge in [-0.2, -0.15) is 0 Å². The molecule has 0 aliphatic heterocycles. The van der Waals surface area contributed by atoms with E-state index in [-0.39, 0.29) is 12.5 Å². The van der Waals surface area contributed by atoms with Crippen LogP contribution in [-0.4, -0.2) is 50.6 Å². The van der Waals surface area contributed by atoms with Crippen LogP contribution in [-0.2, 0) is 16.1 Å². The number of aromatic nitrogens is 4. The van der Waals surface area contributed by atoms with Crippen LogP contribution >= 0.6 is 0 Å². The Morgan fingerprint density at radius 2 is 2.04 bits per heavy atom. The second-order valence-corrected chi connectivity index (χ2v) is 5.21. The van der Waals surface area contributed by atoms with Crippen LogP contribution in [0.1, 0.15) is 16.1 Å². The number of hydrogen-bond donors (Lipinski definition) is 0. The molecule has 2 heterocycles. The Balaban J connectivity index is 1.52. The average molecular weight is 341 g/mol. The summed E-state index contributed by atoms with van der Waals surface area (Å²) in [5, 5.41) is 10.8. The van der Waals surface area contributed by atoms with Crippen molar-refractivity contribution >= 4 is 11.9 Å². The Morgan fingerprint density at radius 1 is 1.24 bits per heavy atom. The quantitative estimate of drug-likeness (QED) is 0.618. The monoisotopic (exact) mass is 341 g/mol. The molecule has 2 aromatic heterocycles. The summed E-state index contributed by atoms with van der Waals surface area (Å²) in [7, 11) is 1.61. The van der Waals surface area contributed by atoms with Gasteiger partial charge in [0.2, 0.25) is 0 Å². The Kier molecular flexibility index (Phi) is 4.84. The fourth-order valence-corrected chi connectivity index (χ4v) is 2.08. The van der Waals surface area contributed by atoms with Crippen LogP contribution in [0.2, 0.25) is 0 Å². The molecule has 1 amide bonds. The Bertz CT molecular complexity index is 828. The third-order valence-electron chi connectivity index (χ3n) is 3.44. The van der Waals surface area contributed by atoms with E-state index in [9.17, 15) is 9.59 Å². The highest BCUT2D eigenvalue weighted by atomic mass is 16.5. The number of carbonyl (C=O) groups is 2. The smallest absolute Gasteiger partial charge is 0.338 e. The van der Waals surface area contributed by atoms with Crippen molar-refractivity contribution in [3.8, 4) is 5.69 Å². The van der Waals surface area contributed by atoms with Crippen LogP contribution in [0.5, 0.6) is 0 Å². The molecule has 3 aromatic rings. The van der Waals surface area contributed by atoms with E-state index < -0.39 is 5.97 Å². The summed E-state index contributed by atoms with van der Waals surface area (Å²) in [6.07, 6.45) is 2.98. The minimum atomic E-state index is -0.581. The van der Waals surface area contributed by atoms with Crippen LogP contribution in [0.15, 0.2) is 53.4 Å².